The SMILES string of the molecule is CN=C(NCCCN1CCC(C)CC1)NCCc1ccc(C(=O)OC)cc1. The van der Waals surface area contributed by atoms with Crippen LogP contribution in [0.15, 0.2) is 29.3 Å². The zero-order chi connectivity index (χ0) is 19.5. The minimum Gasteiger partial charge on any atom is -0.465 e. The van der Waals surface area contributed by atoms with Gasteiger partial charge in [-0.25, -0.2) is 4.79 Å². The fourth-order valence-electron chi connectivity index (χ4n) is 3.27. The van der Waals surface area contributed by atoms with Crippen LogP contribution in [0.25, 0.3) is 0 Å². The van der Waals surface area contributed by atoms with E-state index in [0.29, 0.717) is 5.56 Å². The highest BCUT2D eigenvalue weighted by atomic mass is 16.5. The Labute approximate surface area is 163 Å². The molecular weight excluding hydrogens is 340 g/mol. The summed E-state index contributed by atoms with van der Waals surface area (Å²) in [6.07, 6.45) is 4.66. The molecule has 0 radical (unpaired) electrons. The lowest BCUT2D eigenvalue weighted by atomic mass is 9.99. The number of likely N-dealkylation sites (tertiary alicyclic amines) is 1. The van der Waals surface area contributed by atoms with E-state index in [4.69, 9.17) is 4.74 Å². The van der Waals surface area contributed by atoms with E-state index < -0.39 is 0 Å². The number of methoxy groups -OCH3 is 1. The van der Waals surface area contributed by atoms with Crippen molar-refractivity contribution in [1.29, 1.82) is 0 Å². The van der Waals surface area contributed by atoms with Gasteiger partial charge in [-0.2, -0.15) is 0 Å². The van der Waals surface area contributed by atoms with Gasteiger partial charge in [0.1, 0.15) is 0 Å². The van der Waals surface area contributed by atoms with E-state index in [2.05, 4.69) is 27.4 Å². The maximum absolute atomic E-state index is 11.4. The summed E-state index contributed by atoms with van der Waals surface area (Å²) in [5.41, 5.74) is 1.75. The first-order chi connectivity index (χ1) is 13.1. The maximum Gasteiger partial charge on any atom is 0.337 e. The number of carbonyl (C=O) groups excluding carboxylic acids is 1. The second-order valence-electron chi connectivity index (χ2n) is 7.24. The molecule has 1 aromatic rings. The van der Waals surface area contributed by atoms with Gasteiger partial charge in [-0.15, -0.1) is 0 Å². The van der Waals surface area contributed by atoms with E-state index in [-0.39, 0.29) is 5.97 Å². The molecule has 1 aromatic carbocycles. The fraction of sp³-hybridized carbons (Fsp3) is 0.619. The molecule has 6 nitrogen and oxygen atoms in total. The van der Waals surface area contributed by atoms with Gasteiger partial charge in [-0.1, -0.05) is 19.1 Å². The minimum atomic E-state index is -0.302. The Morgan fingerprint density at radius 3 is 2.48 bits per heavy atom. The summed E-state index contributed by atoms with van der Waals surface area (Å²) in [5.74, 6) is 1.43. The number of hydrogen-bond donors (Lipinski definition) is 2. The zero-order valence-corrected chi connectivity index (χ0v) is 17.0. The van der Waals surface area contributed by atoms with Gasteiger partial charge in [-0.3, -0.25) is 4.99 Å². The Hall–Kier alpha value is -2.08. The van der Waals surface area contributed by atoms with Crippen molar-refractivity contribution in [3.8, 4) is 0 Å². The van der Waals surface area contributed by atoms with Crippen LogP contribution in [0.3, 0.4) is 0 Å². The highest BCUT2D eigenvalue weighted by molar-refractivity contribution is 5.89. The molecular formula is C21H34N4O2. The predicted molar refractivity (Wildman–Crippen MR) is 110 cm³/mol. The standard InChI is InChI=1S/C21H34N4O2/c1-17-10-15-25(16-11-17)14-4-12-23-21(22-2)24-13-9-18-5-7-19(8-6-18)20(26)27-3/h5-8,17H,4,9-16H2,1-3H3,(H2,22,23,24). The normalized spacial score (nSPS) is 16.2. The lowest BCUT2D eigenvalue weighted by Crippen LogP contribution is -2.40. The topological polar surface area (TPSA) is 66.0 Å². The number of hydrogen-bond acceptors (Lipinski definition) is 4. The third kappa shape index (κ3) is 7.59. The molecule has 150 valence electrons. The Morgan fingerprint density at radius 1 is 1.19 bits per heavy atom. The van der Waals surface area contributed by atoms with Crippen LogP contribution in [0.1, 0.15) is 42.1 Å². The number of nitrogens with one attached hydrogen (secondary N) is 2. The quantitative estimate of drug-likeness (QED) is 0.316. The van der Waals surface area contributed by atoms with Gasteiger partial charge < -0.3 is 20.3 Å². The molecule has 1 aliphatic rings. The first-order valence-corrected chi connectivity index (χ1v) is 9.96. The molecule has 2 rings (SSSR count). The predicted octanol–water partition coefficient (Wildman–Crippen LogP) is 2.30. The van der Waals surface area contributed by atoms with Crippen LogP contribution < -0.4 is 10.6 Å². The lowest BCUT2D eigenvalue weighted by molar-refractivity contribution is 0.0600. The summed E-state index contributed by atoms with van der Waals surface area (Å²) in [5, 5.41) is 6.73. The summed E-state index contributed by atoms with van der Waals surface area (Å²) in [7, 11) is 3.19. The van der Waals surface area contributed by atoms with E-state index in [9.17, 15) is 4.79 Å². The van der Waals surface area contributed by atoms with Gasteiger partial charge in [0.25, 0.3) is 0 Å². The Kier molecular flexibility index (Phi) is 9.11. The molecule has 0 aliphatic carbocycles. The van der Waals surface area contributed by atoms with Crippen molar-refractivity contribution in [2.45, 2.75) is 32.6 Å². The molecule has 1 aliphatic heterocycles. The van der Waals surface area contributed by atoms with Gasteiger partial charge in [-0.05, 0) is 68.9 Å². The summed E-state index contributed by atoms with van der Waals surface area (Å²) >= 11 is 0. The molecule has 1 heterocycles. The van der Waals surface area contributed by atoms with Crippen molar-refractivity contribution in [1.82, 2.24) is 15.5 Å². The largest absolute Gasteiger partial charge is 0.465 e. The number of rotatable bonds is 8. The second kappa shape index (κ2) is 11.6. The van der Waals surface area contributed by atoms with E-state index in [1.165, 1.54) is 38.6 Å². The van der Waals surface area contributed by atoms with Crippen LogP contribution in [0.4, 0.5) is 0 Å². The molecule has 0 bridgehead atoms. The molecule has 0 atom stereocenters. The van der Waals surface area contributed by atoms with Crippen molar-refractivity contribution < 1.29 is 9.53 Å². The number of esters is 1. The van der Waals surface area contributed by atoms with Gasteiger partial charge in [0.15, 0.2) is 5.96 Å². The van der Waals surface area contributed by atoms with E-state index in [0.717, 1.165) is 44.4 Å². The van der Waals surface area contributed by atoms with Crippen LogP contribution >= 0.6 is 0 Å². The van der Waals surface area contributed by atoms with Crippen molar-refractivity contribution in [2.24, 2.45) is 10.9 Å². The van der Waals surface area contributed by atoms with Crippen LogP contribution in [0.2, 0.25) is 0 Å². The Bertz CT molecular complexity index is 593. The molecule has 27 heavy (non-hydrogen) atoms. The van der Waals surface area contributed by atoms with Crippen LogP contribution in [-0.4, -0.2) is 63.7 Å². The summed E-state index contributed by atoms with van der Waals surface area (Å²) < 4.78 is 4.72. The molecule has 0 amide bonds. The number of piperidine rings is 1. The first-order valence-electron chi connectivity index (χ1n) is 9.96. The van der Waals surface area contributed by atoms with Crippen LogP contribution in [0.5, 0.6) is 0 Å². The molecule has 0 unspecified atom stereocenters. The summed E-state index contributed by atoms with van der Waals surface area (Å²) in [4.78, 5) is 18.3. The maximum atomic E-state index is 11.4. The highest BCUT2D eigenvalue weighted by Crippen LogP contribution is 2.15. The highest BCUT2D eigenvalue weighted by Gasteiger charge is 2.14. The van der Waals surface area contributed by atoms with Crippen molar-refractivity contribution in [3.05, 3.63) is 35.4 Å². The fourth-order valence-corrected chi connectivity index (χ4v) is 3.27. The van der Waals surface area contributed by atoms with E-state index in [1.54, 1.807) is 19.2 Å². The van der Waals surface area contributed by atoms with Crippen LogP contribution in [-0.2, 0) is 11.2 Å². The molecule has 0 saturated carbocycles. The van der Waals surface area contributed by atoms with E-state index >= 15 is 0 Å². The van der Waals surface area contributed by atoms with Gasteiger partial charge in [0, 0.05) is 20.1 Å². The molecule has 1 saturated heterocycles. The third-order valence-corrected chi connectivity index (χ3v) is 5.12. The molecule has 2 N–H and O–H groups in total. The summed E-state index contributed by atoms with van der Waals surface area (Å²) in [6, 6.07) is 7.53. The number of nitrogens with zero attached hydrogens (tertiary/aromatic N) is 2. The number of aliphatic imine (C=N–C) groups is 1. The van der Waals surface area contributed by atoms with Crippen LogP contribution in [0, 0.1) is 5.92 Å². The van der Waals surface area contributed by atoms with Crippen molar-refractivity contribution >= 4 is 11.9 Å². The second-order valence-corrected chi connectivity index (χ2v) is 7.24. The van der Waals surface area contributed by atoms with Crippen molar-refractivity contribution in [2.75, 3.05) is 46.9 Å². The number of guanidine groups is 1. The minimum absolute atomic E-state index is 0.302. The smallest absolute Gasteiger partial charge is 0.337 e. The number of ether oxygens (including phenoxy) is 1. The third-order valence-electron chi connectivity index (χ3n) is 5.12. The van der Waals surface area contributed by atoms with Crippen molar-refractivity contribution in [3.63, 3.8) is 0 Å². The Balaban J connectivity index is 1.60. The molecule has 0 aromatic heterocycles. The van der Waals surface area contributed by atoms with Gasteiger partial charge >= 0.3 is 5.97 Å². The number of carbonyl (C=O) groups is 1. The molecule has 1 fully saturated rings. The average molecular weight is 375 g/mol. The lowest BCUT2D eigenvalue weighted by Gasteiger charge is -2.30. The van der Waals surface area contributed by atoms with Gasteiger partial charge in [0.2, 0.25) is 0 Å². The molecule has 0 spiro atoms. The average Bonchev–Trinajstić information content (AvgIpc) is 2.71. The Morgan fingerprint density at radius 2 is 1.85 bits per heavy atom. The number of benzene rings is 1. The molecule has 6 heteroatoms. The summed E-state index contributed by atoms with van der Waals surface area (Å²) in [6.45, 7) is 7.71. The van der Waals surface area contributed by atoms with E-state index in [1.807, 2.05) is 12.1 Å². The monoisotopic (exact) mass is 374 g/mol. The first kappa shape index (κ1) is 21.2. The van der Waals surface area contributed by atoms with Gasteiger partial charge in [0.05, 0.1) is 12.7 Å². The zero-order valence-electron chi connectivity index (χ0n) is 17.0.